The summed E-state index contributed by atoms with van der Waals surface area (Å²) in [5.74, 6) is 0. The number of aryl methyl sites for hydroxylation is 6. The van der Waals surface area contributed by atoms with Gasteiger partial charge >= 0.3 is 0 Å². The summed E-state index contributed by atoms with van der Waals surface area (Å²) in [6.07, 6.45) is 4.17. The van der Waals surface area contributed by atoms with Gasteiger partial charge in [-0.1, -0.05) is 89.1 Å². The van der Waals surface area contributed by atoms with Crippen molar-refractivity contribution in [2.45, 2.75) is 93.9 Å². The lowest BCUT2D eigenvalue weighted by Gasteiger charge is -2.37. The lowest BCUT2D eigenvalue weighted by molar-refractivity contribution is 0.591. The van der Waals surface area contributed by atoms with Gasteiger partial charge in [0.15, 0.2) is 0 Å². The molecule has 0 atom stereocenters. The van der Waals surface area contributed by atoms with Gasteiger partial charge in [-0.2, -0.15) is 0 Å². The molecule has 0 saturated heterocycles. The number of nitrogens with zero attached hydrogens (tertiary/aromatic N) is 4. The molecule has 51 heavy (non-hydrogen) atoms. The van der Waals surface area contributed by atoms with Crippen LogP contribution in [0.3, 0.4) is 0 Å². The molecule has 0 spiro atoms. The van der Waals surface area contributed by atoms with Crippen molar-refractivity contribution in [1.82, 2.24) is 19.1 Å². The van der Waals surface area contributed by atoms with Gasteiger partial charge in [-0.25, -0.2) is 9.97 Å². The SMILES string of the molecule is Cc1cc(C)c(-c2cc(-c3c(C)cc(C)cc3C)c3c4c2-n2cnc5cc(C(C)(C)C)cc(c52)B4c2cc(C(C)(C)C)cc4ncn-3c24)c(C)c1. The molecule has 7 aromatic rings. The first-order valence-corrected chi connectivity index (χ1v) is 18.4. The second-order valence-corrected chi connectivity index (χ2v) is 17.7. The summed E-state index contributed by atoms with van der Waals surface area (Å²) in [5, 5.41) is 0. The van der Waals surface area contributed by atoms with E-state index in [9.17, 15) is 0 Å². The van der Waals surface area contributed by atoms with Crippen LogP contribution in [0.5, 0.6) is 0 Å². The highest BCUT2D eigenvalue weighted by Crippen LogP contribution is 2.45. The highest BCUT2D eigenvalue weighted by molar-refractivity contribution is 7.00. The molecule has 0 bridgehead atoms. The highest BCUT2D eigenvalue weighted by atomic mass is 15.1. The van der Waals surface area contributed by atoms with Crippen LogP contribution in [0.1, 0.15) is 86.1 Å². The number of fused-ring (bicyclic) bond motifs is 4. The Hall–Kier alpha value is -4.90. The molecule has 0 unspecified atom stereocenters. The monoisotopic (exact) mass is 666 g/mol. The maximum atomic E-state index is 5.18. The van der Waals surface area contributed by atoms with Gasteiger partial charge in [0.25, 0.3) is 6.71 Å². The fourth-order valence-corrected chi connectivity index (χ4v) is 9.55. The van der Waals surface area contributed by atoms with Crippen LogP contribution in [0.4, 0.5) is 0 Å². The third-order valence-electron chi connectivity index (χ3n) is 11.7. The number of benzene rings is 5. The molecule has 254 valence electrons. The molecule has 0 fully saturated rings. The Morgan fingerprint density at radius 1 is 0.490 bits per heavy atom. The summed E-state index contributed by atoms with van der Waals surface area (Å²) in [6.45, 7) is 27.4. The van der Waals surface area contributed by atoms with Gasteiger partial charge in [-0.3, -0.25) is 9.13 Å². The van der Waals surface area contributed by atoms with Crippen LogP contribution >= 0.6 is 0 Å². The smallest absolute Gasteiger partial charge is 0.252 e. The first kappa shape index (κ1) is 32.0. The normalized spacial score (nSPS) is 13.5. The van der Waals surface area contributed by atoms with E-state index in [1.54, 1.807) is 0 Å². The number of hydrogen-bond donors (Lipinski definition) is 0. The molecule has 2 aromatic heterocycles. The van der Waals surface area contributed by atoms with Crippen molar-refractivity contribution in [2.24, 2.45) is 0 Å². The van der Waals surface area contributed by atoms with Crippen LogP contribution in [-0.4, -0.2) is 25.8 Å². The van der Waals surface area contributed by atoms with E-state index < -0.39 is 0 Å². The zero-order valence-electron chi connectivity index (χ0n) is 32.2. The van der Waals surface area contributed by atoms with Gasteiger partial charge in [-0.15, -0.1) is 0 Å². The highest BCUT2D eigenvalue weighted by Gasteiger charge is 2.43. The average molecular weight is 667 g/mol. The molecule has 4 nitrogen and oxygen atoms in total. The Balaban J connectivity index is 1.56. The lowest BCUT2D eigenvalue weighted by atomic mass is 9.33. The van der Waals surface area contributed by atoms with Crippen LogP contribution < -0.4 is 16.4 Å². The van der Waals surface area contributed by atoms with Gasteiger partial charge in [0, 0.05) is 11.1 Å². The second-order valence-electron chi connectivity index (χ2n) is 17.7. The summed E-state index contributed by atoms with van der Waals surface area (Å²) in [7, 11) is 0. The fourth-order valence-electron chi connectivity index (χ4n) is 9.55. The van der Waals surface area contributed by atoms with Crippen molar-refractivity contribution < 1.29 is 0 Å². The van der Waals surface area contributed by atoms with Gasteiger partial charge in [0.1, 0.15) is 12.7 Å². The summed E-state index contributed by atoms with van der Waals surface area (Å²) >= 11 is 0. The Labute approximate surface area is 302 Å². The average Bonchev–Trinajstić information content (AvgIpc) is 3.65. The minimum absolute atomic E-state index is 0.00817. The maximum absolute atomic E-state index is 5.18. The second kappa shape index (κ2) is 10.3. The van der Waals surface area contributed by atoms with E-state index in [4.69, 9.17) is 9.97 Å². The molecule has 2 aliphatic rings. The van der Waals surface area contributed by atoms with E-state index in [0.29, 0.717) is 0 Å². The first-order chi connectivity index (χ1) is 24.0. The van der Waals surface area contributed by atoms with Crippen LogP contribution in [0.25, 0.3) is 55.7 Å². The van der Waals surface area contributed by atoms with Gasteiger partial charge in [0.05, 0.1) is 33.4 Å². The Morgan fingerprint density at radius 3 is 1.22 bits per heavy atom. The lowest BCUT2D eigenvalue weighted by Crippen LogP contribution is -2.60. The largest absolute Gasteiger partial charge is 0.299 e. The maximum Gasteiger partial charge on any atom is 0.252 e. The minimum Gasteiger partial charge on any atom is -0.299 e. The van der Waals surface area contributed by atoms with E-state index in [-0.39, 0.29) is 17.5 Å². The molecule has 0 radical (unpaired) electrons. The van der Waals surface area contributed by atoms with E-state index in [0.717, 1.165) is 11.0 Å². The summed E-state index contributed by atoms with van der Waals surface area (Å²) < 4.78 is 4.84. The Morgan fingerprint density at radius 2 is 0.863 bits per heavy atom. The molecule has 5 heteroatoms. The molecule has 0 N–H and O–H groups in total. The molecular formula is C46H47BN4. The predicted octanol–water partition coefficient (Wildman–Crippen LogP) is 9.29. The van der Waals surface area contributed by atoms with E-state index in [2.05, 4.69) is 159 Å². The standard InChI is InChI=1S/C46H47BN4/c1-24-13-26(3)38(27(4)14-24)32-21-33(39-28(5)15-25(2)16-29(39)6)42-40-41(32)50-22-48-36-19-30(45(7,8)9)17-34(43(36)50)47(40)35-18-31(46(10,11)12)20-37-44(35)51(42)23-49-37/h13-23H,1-12H3. The summed E-state index contributed by atoms with van der Waals surface area (Å²) in [4.78, 5) is 10.4. The zero-order chi connectivity index (χ0) is 36.0. The Kier molecular flexibility index (Phi) is 6.50. The molecule has 4 heterocycles. The van der Waals surface area contributed by atoms with E-state index >= 15 is 0 Å². The van der Waals surface area contributed by atoms with Crippen LogP contribution in [-0.2, 0) is 10.8 Å². The van der Waals surface area contributed by atoms with Crippen LogP contribution in [0.2, 0.25) is 0 Å². The van der Waals surface area contributed by atoms with Crippen molar-refractivity contribution in [3.05, 3.63) is 112 Å². The molecule has 0 saturated carbocycles. The quantitative estimate of drug-likeness (QED) is 0.173. The first-order valence-electron chi connectivity index (χ1n) is 18.4. The molecule has 0 aliphatic carbocycles. The van der Waals surface area contributed by atoms with E-state index in [1.165, 1.54) is 106 Å². The number of rotatable bonds is 2. The molecule has 5 aromatic carbocycles. The summed E-state index contributed by atoms with van der Waals surface area (Å²) in [6, 6.07) is 21.5. The minimum atomic E-state index is -0.0319. The molecule has 9 rings (SSSR count). The summed E-state index contributed by atoms with van der Waals surface area (Å²) in [5.41, 5.74) is 26.5. The van der Waals surface area contributed by atoms with Crippen molar-refractivity contribution in [1.29, 1.82) is 0 Å². The number of aromatic nitrogens is 4. The Bertz CT molecular complexity index is 2440. The molecular weight excluding hydrogens is 619 g/mol. The number of imidazole rings is 2. The van der Waals surface area contributed by atoms with Crippen molar-refractivity contribution in [3.8, 4) is 33.6 Å². The zero-order valence-corrected chi connectivity index (χ0v) is 32.2. The fraction of sp³-hybridized carbons (Fsp3) is 0.304. The van der Waals surface area contributed by atoms with Gasteiger partial charge < -0.3 is 0 Å². The van der Waals surface area contributed by atoms with Crippen LogP contribution in [0.15, 0.2) is 67.3 Å². The third kappa shape index (κ3) is 4.46. The van der Waals surface area contributed by atoms with Crippen molar-refractivity contribution in [3.63, 3.8) is 0 Å². The number of hydrogen-bond acceptors (Lipinski definition) is 2. The van der Waals surface area contributed by atoms with Crippen LogP contribution in [0, 0.1) is 41.5 Å². The van der Waals surface area contributed by atoms with Gasteiger partial charge in [0.2, 0.25) is 0 Å². The van der Waals surface area contributed by atoms with Gasteiger partial charge in [-0.05, 0) is 131 Å². The van der Waals surface area contributed by atoms with E-state index in [1.807, 2.05) is 0 Å². The third-order valence-corrected chi connectivity index (χ3v) is 11.7. The predicted molar refractivity (Wildman–Crippen MR) is 217 cm³/mol. The van der Waals surface area contributed by atoms with Crippen molar-refractivity contribution >= 4 is 45.2 Å². The topological polar surface area (TPSA) is 35.6 Å². The van der Waals surface area contributed by atoms with Crippen molar-refractivity contribution in [2.75, 3.05) is 0 Å². The molecule has 2 aliphatic heterocycles. The molecule has 0 amide bonds.